The number of anilines is 1. The molecule has 0 spiro atoms. The number of fused-ring (bicyclic) bond motifs is 2. The summed E-state index contributed by atoms with van der Waals surface area (Å²) in [5.74, 6) is -0.718. The Morgan fingerprint density at radius 2 is 2.00 bits per heavy atom. The molecule has 6 heteroatoms. The lowest BCUT2D eigenvalue weighted by atomic mass is 10.1. The number of rotatable bonds is 3. The Morgan fingerprint density at radius 1 is 1.19 bits per heavy atom. The normalized spacial score (nSPS) is 11.2. The average Bonchev–Trinajstić information content (AvgIpc) is 2.97. The third kappa shape index (κ3) is 2.69. The largest absolute Gasteiger partial charge is 0.304 e. The van der Waals surface area contributed by atoms with Crippen LogP contribution < -0.4 is 5.32 Å². The topological polar surface area (TPSA) is 59.8 Å². The molecule has 0 saturated carbocycles. The van der Waals surface area contributed by atoms with Crippen molar-refractivity contribution in [1.29, 1.82) is 0 Å². The zero-order valence-electron chi connectivity index (χ0n) is 14.5. The fraction of sp³-hybridized carbons (Fsp3) is 0.150. The molecule has 4 rings (SSSR count). The maximum absolute atomic E-state index is 13.9. The van der Waals surface area contributed by atoms with Gasteiger partial charge < -0.3 is 5.32 Å². The van der Waals surface area contributed by atoms with Crippen LogP contribution in [0.2, 0.25) is 0 Å². The second kappa shape index (κ2) is 6.22. The lowest BCUT2D eigenvalue weighted by molar-refractivity contribution is 0.102. The molecule has 2 aromatic heterocycles. The summed E-state index contributed by atoms with van der Waals surface area (Å²) in [4.78, 5) is 17.2. The maximum Gasteiger partial charge on any atom is 0.259 e. The van der Waals surface area contributed by atoms with Gasteiger partial charge in [-0.3, -0.25) is 4.79 Å². The Bertz CT molecular complexity index is 1150. The van der Waals surface area contributed by atoms with Gasteiger partial charge >= 0.3 is 0 Å². The molecule has 26 heavy (non-hydrogen) atoms. The maximum atomic E-state index is 13.9. The van der Waals surface area contributed by atoms with Gasteiger partial charge in [-0.25, -0.2) is 14.1 Å². The standard InChI is InChI=1S/C20H17FN4O/c1-3-25-19-15(11-13-10-12(2)8-9-17(13)22-19)18(24-25)23-20(26)14-6-4-5-7-16(14)21/h4-11H,3H2,1-2H3,(H,23,24,26). The van der Waals surface area contributed by atoms with Crippen molar-refractivity contribution in [3.8, 4) is 0 Å². The first-order valence-electron chi connectivity index (χ1n) is 8.40. The van der Waals surface area contributed by atoms with Crippen molar-refractivity contribution in [1.82, 2.24) is 14.8 Å². The van der Waals surface area contributed by atoms with Gasteiger partial charge in [0.25, 0.3) is 5.91 Å². The monoisotopic (exact) mass is 348 g/mol. The highest BCUT2D eigenvalue weighted by molar-refractivity contribution is 6.09. The number of aromatic nitrogens is 3. The van der Waals surface area contributed by atoms with Crippen molar-refractivity contribution in [2.45, 2.75) is 20.4 Å². The van der Waals surface area contributed by atoms with Gasteiger partial charge in [-0.1, -0.05) is 23.8 Å². The lowest BCUT2D eigenvalue weighted by Crippen LogP contribution is -2.14. The van der Waals surface area contributed by atoms with E-state index in [4.69, 9.17) is 0 Å². The fourth-order valence-electron chi connectivity index (χ4n) is 3.01. The molecule has 1 amide bonds. The van der Waals surface area contributed by atoms with Crippen LogP contribution in [0.4, 0.5) is 10.2 Å². The Kier molecular flexibility index (Phi) is 3.88. The van der Waals surface area contributed by atoms with Crippen LogP contribution in [0.15, 0.2) is 48.5 Å². The number of nitrogens with zero attached hydrogens (tertiary/aromatic N) is 3. The number of amides is 1. The number of carbonyl (C=O) groups excluding carboxylic acids is 1. The number of carbonyl (C=O) groups is 1. The van der Waals surface area contributed by atoms with Crippen molar-refractivity contribution < 1.29 is 9.18 Å². The van der Waals surface area contributed by atoms with Crippen LogP contribution in [0, 0.1) is 12.7 Å². The van der Waals surface area contributed by atoms with Gasteiger partial charge in [0.15, 0.2) is 11.5 Å². The molecule has 2 heterocycles. The molecule has 0 aliphatic rings. The van der Waals surface area contributed by atoms with Gasteiger partial charge in [0.1, 0.15) is 5.82 Å². The van der Waals surface area contributed by atoms with Gasteiger partial charge in [0, 0.05) is 11.9 Å². The molecule has 0 atom stereocenters. The molecule has 0 bridgehead atoms. The summed E-state index contributed by atoms with van der Waals surface area (Å²) in [6.45, 7) is 4.58. The highest BCUT2D eigenvalue weighted by atomic mass is 19.1. The molecular formula is C20H17FN4O. The first-order chi connectivity index (χ1) is 12.6. The quantitative estimate of drug-likeness (QED) is 0.600. The van der Waals surface area contributed by atoms with Crippen LogP contribution in [-0.4, -0.2) is 20.7 Å². The zero-order valence-corrected chi connectivity index (χ0v) is 14.5. The van der Waals surface area contributed by atoms with E-state index in [1.54, 1.807) is 16.8 Å². The molecule has 0 saturated heterocycles. The molecular weight excluding hydrogens is 331 g/mol. The molecule has 0 fully saturated rings. The molecule has 0 aliphatic heterocycles. The second-order valence-electron chi connectivity index (χ2n) is 6.15. The van der Waals surface area contributed by atoms with E-state index in [9.17, 15) is 9.18 Å². The minimum atomic E-state index is -0.566. The van der Waals surface area contributed by atoms with Crippen molar-refractivity contribution in [3.63, 3.8) is 0 Å². The number of benzene rings is 2. The van der Waals surface area contributed by atoms with E-state index in [2.05, 4.69) is 15.4 Å². The summed E-state index contributed by atoms with van der Waals surface area (Å²) in [6.07, 6.45) is 0. The molecule has 5 nitrogen and oxygen atoms in total. The Morgan fingerprint density at radius 3 is 2.77 bits per heavy atom. The molecule has 130 valence electrons. The summed E-state index contributed by atoms with van der Waals surface area (Å²) >= 11 is 0. The van der Waals surface area contributed by atoms with Crippen molar-refractivity contribution in [2.24, 2.45) is 0 Å². The summed E-state index contributed by atoms with van der Waals surface area (Å²) in [5.41, 5.74) is 2.66. The Balaban J connectivity index is 1.84. The fourth-order valence-corrected chi connectivity index (χ4v) is 3.01. The van der Waals surface area contributed by atoms with Crippen LogP contribution >= 0.6 is 0 Å². The minimum absolute atomic E-state index is 0.0173. The van der Waals surface area contributed by atoms with E-state index < -0.39 is 11.7 Å². The third-order valence-electron chi connectivity index (χ3n) is 4.32. The number of pyridine rings is 1. The van der Waals surface area contributed by atoms with Crippen LogP contribution in [0.25, 0.3) is 21.9 Å². The third-order valence-corrected chi connectivity index (χ3v) is 4.32. The van der Waals surface area contributed by atoms with Gasteiger partial charge in [0.2, 0.25) is 0 Å². The summed E-state index contributed by atoms with van der Waals surface area (Å²) in [6, 6.07) is 13.8. The van der Waals surface area contributed by atoms with Gasteiger partial charge in [0.05, 0.1) is 16.5 Å². The Hall–Kier alpha value is -3.28. The summed E-state index contributed by atoms with van der Waals surface area (Å²) in [5, 5.41) is 8.87. The Labute approximate surface area is 149 Å². The van der Waals surface area contributed by atoms with Crippen LogP contribution in [-0.2, 0) is 6.54 Å². The number of aryl methyl sites for hydroxylation is 2. The average molecular weight is 348 g/mol. The number of nitrogens with one attached hydrogen (secondary N) is 1. The van der Waals surface area contributed by atoms with Crippen molar-refractivity contribution >= 4 is 33.7 Å². The van der Waals surface area contributed by atoms with E-state index in [0.717, 1.165) is 21.9 Å². The molecule has 0 radical (unpaired) electrons. The van der Waals surface area contributed by atoms with Crippen molar-refractivity contribution in [2.75, 3.05) is 5.32 Å². The lowest BCUT2D eigenvalue weighted by Gasteiger charge is -2.04. The predicted molar refractivity (Wildman–Crippen MR) is 99.8 cm³/mol. The summed E-state index contributed by atoms with van der Waals surface area (Å²) in [7, 11) is 0. The first-order valence-corrected chi connectivity index (χ1v) is 8.40. The highest BCUT2D eigenvalue weighted by Crippen LogP contribution is 2.27. The predicted octanol–water partition coefficient (Wildman–Crippen LogP) is 4.30. The molecule has 0 aliphatic carbocycles. The van der Waals surface area contributed by atoms with E-state index in [1.807, 2.05) is 38.1 Å². The van der Waals surface area contributed by atoms with E-state index in [0.29, 0.717) is 18.0 Å². The van der Waals surface area contributed by atoms with Gasteiger partial charge in [-0.15, -0.1) is 0 Å². The van der Waals surface area contributed by atoms with E-state index in [-0.39, 0.29) is 5.56 Å². The van der Waals surface area contributed by atoms with Crippen LogP contribution in [0.1, 0.15) is 22.8 Å². The van der Waals surface area contributed by atoms with Crippen LogP contribution in [0.5, 0.6) is 0 Å². The zero-order chi connectivity index (χ0) is 18.3. The number of hydrogen-bond donors (Lipinski definition) is 1. The second-order valence-corrected chi connectivity index (χ2v) is 6.15. The van der Waals surface area contributed by atoms with Gasteiger partial charge in [-0.05, 0) is 44.2 Å². The highest BCUT2D eigenvalue weighted by Gasteiger charge is 2.17. The molecule has 1 N–H and O–H groups in total. The smallest absolute Gasteiger partial charge is 0.259 e. The van der Waals surface area contributed by atoms with Crippen LogP contribution in [0.3, 0.4) is 0 Å². The first kappa shape index (κ1) is 16.2. The SMILES string of the molecule is CCn1nc(NC(=O)c2ccccc2F)c2cc3cc(C)ccc3nc21. The van der Waals surface area contributed by atoms with Gasteiger partial charge in [-0.2, -0.15) is 5.10 Å². The van der Waals surface area contributed by atoms with Crippen molar-refractivity contribution in [3.05, 3.63) is 65.5 Å². The molecule has 0 unspecified atom stereocenters. The number of hydrogen-bond acceptors (Lipinski definition) is 3. The van der Waals surface area contributed by atoms with E-state index in [1.165, 1.54) is 12.1 Å². The summed E-state index contributed by atoms with van der Waals surface area (Å²) < 4.78 is 15.6. The van der Waals surface area contributed by atoms with E-state index >= 15 is 0 Å². The molecule has 2 aromatic carbocycles. The molecule has 4 aromatic rings. The minimum Gasteiger partial charge on any atom is -0.304 e. The number of halogens is 1.